The van der Waals surface area contributed by atoms with Crippen LogP contribution in [0.4, 0.5) is 10.6 Å². The van der Waals surface area contributed by atoms with Gasteiger partial charge in [-0.1, -0.05) is 18.2 Å². The van der Waals surface area contributed by atoms with E-state index in [9.17, 15) is 13.2 Å². The number of anilines is 1. The van der Waals surface area contributed by atoms with Gasteiger partial charge in [-0.05, 0) is 49.7 Å². The van der Waals surface area contributed by atoms with Crippen LogP contribution in [0.15, 0.2) is 72.1 Å². The van der Waals surface area contributed by atoms with Crippen molar-refractivity contribution in [1.29, 1.82) is 0 Å². The first kappa shape index (κ1) is 36.7. The Bertz CT molecular complexity index is 1780. The lowest BCUT2D eigenvalue weighted by Gasteiger charge is -2.30. The highest BCUT2D eigenvalue weighted by atomic mass is 32.2. The average Bonchev–Trinajstić information content (AvgIpc) is 3.09. The maximum absolute atomic E-state index is 14.4. The molecule has 4 rings (SSSR count). The highest BCUT2D eigenvalue weighted by Gasteiger charge is 2.39. The van der Waals surface area contributed by atoms with Gasteiger partial charge in [0.05, 0.1) is 39.4 Å². The smallest absolute Gasteiger partial charge is 0.493 e. The summed E-state index contributed by atoms with van der Waals surface area (Å²) in [6.07, 6.45) is 1.50. The third kappa shape index (κ3) is 9.69. The molecule has 0 aliphatic heterocycles. The molecule has 0 amide bonds. The van der Waals surface area contributed by atoms with Crippen molar-refractivity contribution in [2.75, 3.05) is 45.0 Å². The normalized spacial score (nSPS) is 11.9. The van der Waals surface area contributed by atoms with Crippen LogP contribution in [0.25, 0.3) is 11.4 Å². The molecule has 0 aliphatic rings. The van der Waals surface area contributed by atoms with E-state index in [1.165, 1.54) is 45.8 Å². The molecular weight excluding hydrogens is 668 g/mol. The zero-order valence-electron chi connectivity index (χ0n) is 26.8. The number of nitrogens with zero attached hydrogens (tertiary/aromatic N) is 6. The first-order valence-corrected chi connectivity index (χ1v) is 15.9. The van der Waals surface area contributed by atoms with E-state index in [2.05, 4.69) is 24.8 Å². The number of carbonyl (C=O) groups excluding carboxylic acids is 1. The fourth-order valence-electron chi connectivity index (χ4n) is 4.11. The van der Waals surface area contributed by atoms with Crippen molar-refractivity contribution in [3.8, 4) is 34.5 Å². The molecule has 1 unspecified atom stereocenters. The summed E-state index contributed by atoms with van der Waals surface area (Å²) in [4.78, 5) is 34.3. The monoisotopic (exact) mass is 702 g/mol. The van der Waals surface area contributed by atoms with Gasteiger partial charge in [0.15, 0.2) is 34.4 Å². The van der Waals surface area contributed by atoms with Crippen molar-refractivity contribution >= 4 is 22.0 Å². The second-order valence-electron chi connectivity index (χ2n) is 9.69. The standard InChI is InChI=1S/C30H34N6O12S/c1-20-9-10-25(32-19-20)49(40,41)35(21(2)47-30(37)45-17-15-44-16-18-46-36(38)39)28-26(48-24-8-6-5-7-23(24)42-3)29(43-4)34-27(33-28)22-11-13-31-14-12-22/h5-14,19,21,38-39H,15-18H2,1-4H3. The van der Waals surface area contributed by atoms with Crippen molar-refractivity contribution in [3.63, 3.8) is 0 Å². The molecule has 0 saturated carbocycles. The van der Waals surface area contributed by atoms with E-state index >= 15 is 0 Å². The summed E-state index contributed by atoms with van der Waals surface area (Å²) in [5, 5.41) is 16.2. The summed E-state index contributed by atoms with van der Waals surface area (Å²) in [5.74, 6) is -0.308. The van der Waals surface area contributed by atoms with Crippen LogP contribution in [0, 0.1) is 6.92 Å². The molecule has 0 radical (unpaired) electrons. The molecule has 19 heteroatoms. The minimum absolute atomic E-state index is 0.0279. The maximum Gasteiger partial charge on any atom is 0.510 e. The Balaban J connectivity index is 1.79. The zero-order chi connectivity index (χ0) is 35.4. The third-order valence-corrected chi connectivity index (χ3v) is 8.08. The minimum Gasteiger partial charge on any atom is -0.493 e. The van der Waals surface area contributed by atoms with Crippen molar-refractivity contribution in [1.82, 2.24) is 25.3 Å². The van der Waals surface area contributed by atoms with Gasteiger partial charge in [0.1, 0.15) is 6.61 Å². The van der Waals surface area contributed by atoms with Gasteiger partial charge < -0.3 is 28.4 Å². The molecule has 1 aromatic carbocycles. The quantitative estimate of drug-likeness (QED) is 0.0693. The number of para-hydroxylation sites is 2. The third-order valence-electron chi connectivity index (χ3n) is 6.32. The Hall–Kier alpha value is -5.18. The predicted molar refractivity (Wildman–Crippen MR) is 168 cm³/mol. The summed E-state index contributed by atoms with van der Waals surface area (Å²) in [6.45, 7) is 2.35. The molecule has 262 valence electrons. The van der Waals surface area contributed by atoms with Crippen LogP contribution < -0.4 is 18.5 Å². The lowest BCUT2D eigenvalue weighted by molar-refractivity contribution is -0.493. The highest BCUT2D eigenvalue weighted by Crippen LogP contribution is 2.44. The molecule has 0 fully saturated rings. The number of hydrogen-bond acceptors (Lipinski definition) is 17. The summed E-state index contributed by atoms with van der Waals surface area (Å²) in [7, 11) is -1.93. The lowest BCUT2D eigenvalue weighted by Crippen LogP contribution is -2.43. The second kappa shape index (κ2) is 17.3. The van der Waals surface area contributed by atoms with E-state index in [1.807, 2.05) is 0 Å². The number of ether oxygens (including phenoxy) is 6. The minimum atomic E-state index is -4.68. The van der Waals surface area contributed by atoms with E-state index in [-0.39, 0.29) is 55.4 Å². The Morgan fingerprint density at radius 1 is 0.918 bits per heavy atom. The van der Waals surface area contributed by atoms with Crippen LogP contribution in [0.1, 0.15) is 12.5 Å². The number of rotatable bonds is 17. The molecule has 49 heavy (non-hydrogen) atoms. The summed E-state index contributed by atoms with van der Waals surface area (Å²) in [5.41, 5.74) is 1.15. The van der Waals surface area contributed by atoms with Crippen LogP contribution in [0.3, 0.4) is 0 Å². The molecule has 0 aliphatic carbocycles. The number of hydrogen-bond donors (Lipinski definition) is 2. The number of carbonyl (C=O) groups is 1. The number of sulfonamides is 1. The van der Waals surface area contributed by atoms with Gasteiger partial charge in [0.25, 0.3) is 15.9 Å². The van der Waals surface area contributed by atoms with Gasteiger partial charge >= 0.3 is 6.16 Å². The number of methoxy groups -OCH3 is 2. The van der Waals surface area contributed by atoms with E-state index < -0.39 is 32.8 Å². The van der Waals surface area contributed by atoms with E-state index in [0.29, 0.717) is 21.2 Å². The van der Waals surface area contributed by atoms with Gasteiger partial charge in [-0.15, -0.1) is 0 Å². The van der Waals surface area contributed by atoms with Crippen LogP contribution >= 0.6 is 0 Å². The van der Waals surface area contributed by atoms with Crippen molar-refractivity contribution in [2.24, 2.45) is 0 Å². The van der Waals surface area contributed by atoms with Crippen LogP contribution in [0.2, 0.25) is 0 Å². The van der Waals surface area contributed by atoms with E-state index in [0.717, 1.165) is 0 Å². The Morgan fingerprint density at radius 3 is 2.29 bits per heavy atom. The molecule has 4 aromatic rings. The Labute approximate surface area is 281 Å². The molecule has 3 heterocycles. The largest absolute Gasteiger partial charge is 0.510 e. The van der Waals surface area contributed by atoms with Crippen LogP contribution in [-0.4, -0.2) is 97.2 Å². The molecule has 3 aromatic heterocycles. The van der Waals surface area contributed by atoms with Crippen molar-refractivity contribution in [3.05, 3.63) is 72.7 Å². The highest BCUT2D eigenvalue weighted by molar-refractivity contribution is 7.92. The van der Waals surface area contributed by atoms with Crippen LogP contribution in [0.5, 0.6) is 23.1 Å². The summed E-state index contributed by atoms with van der Waals surface area (Å²) >= 11 is 0. The fraction of sp³-hybridized carbons (Fsp3) is 0.300. The van der Waals surface area contributed by atoms with E-state index in [1.54, 1.807) is 49.4 Å². The lowest BCUT2D eigenvalue weighted by atomic mass is 10.2. The van der Waals surface area contributed by atoms with Gasteiger partial charge in [-0.2, -0.15) is 13.4 Å². The maximum atomic E-state index is 14.4. The fourth-order valence-corrected chi connectivity index (χ4v) is 5.53. The SMILES string of the molecule is COc1ccccc1Oc1c(OC)nc(-c2ccncc2)nc1N(C(C)OC(=O)OCCOCCON(O)O)S(=O)(=O)c1ccc(C)cn1. The second-order valence-corrected chi connectivity index (χ2v) is 11.4. The first-order chi connectivity index (χ1) is 23.5. The first-order valence-electron chi connectivity index (χ1n) is 14.4. The average molecular weight is 703 g/mol. The molecule has 0 bridgehead atoms. The predicted octanol–water partition coefficient (Wildman–Crippen LogP) is 3.77. The van der Waals surface area contributed by atoms with Crippen molar-refractivity contribution < 1.29 is 56.9 Å². The molecular formula is C30H34N6O12S. The molecule has 0 spiro atoms. The number of aryl methyl sites for hydroxylation is 1. The van der Waals surface area contributed by atoms with E-state index in [4.69, 9.17) is 38.8 Å². The zero-order valence-corrected chi connectivity index (χ0v) is 27.6. The molecule has 0 saturated heterocycles. The summed E-state index contributed by atoms with van der Waals surface area (Å²) < 4.78 is 62.4. The van der Waals surface area contributed by atoms with Crippen molar-refractivity contribution in [2.45, 2.75) is 25.1 Å². The van der Waals surface area contributed by atoms with Gasteiger partial charge in [0, 0.05) is 24.2 Å². The van der Waals surface area contributed by atoms with Gasteiger partial charge in [-0.3, -0.25) is 15.4 Å². The number of benzene rings is 1. The molecule has 1 atom stereocenters. The Kier molecular flexibility index (Phi) is 12.9. The van der Waals surface area contributed by atoms with Crippen LogP contribution in [-0.2, 0) is 29.1 Å². The number of aromatic nitrogens is 4. The van der Waals surface area contributed by atoms with Gasteiger partial charge in [-0.25, -0.2) is 23.9 Å². The Morgan fingerprint density at radius 2 is 1.63 bits per heavy atom. The van der Waals surface area contributed by atoms with Gasteiger partial charge in [0.2, 0.25) is 5.75 Å². The molecule has 2 N–H and O–H groups in total. The number of pyridine rings is 2. The molecule has 18 nitrogen and oxygen atoms in total. The topological polar surface area (TPSA) is 214 Å². The summed E-state index contributed by atoms with van der Waals surface area (Å²) in [6, 6.07) is 12.6.